The summed E-state index contributed by atoms with van der Waals surface area (Å²) in [5.41, 5.74) is 1.79. The van der Waals surface area contributed by atoms with Crippen LogP contribution in [-0.2, 0) is 4.79 Å². The molecule has 9 heteroatoms. The lowest BCUT2D eigenvalue weighted by Gasteiger charge is -2.11. The number of hydrogen-bond donors (Lipinski definition) is 4. The van der Waals surface area contributed by atoms with Gasteiger partial charge in [0.25, 0.3) is 0 Å². The van der Waals surface area contributed by atoms with Gasteiger partial charge in [0.05, 0.1) is 11.3 Å². The fourth-order valence-corrected chi connectivity index (χ4v) is 2.06. The number of carboxylic acids is 1. The van der Waals surface area contributed by atoms with Crippen LogP contribution in [0.2, 0.25) is 0 Å². The molecule has 0 aliphatic heterocycles. The first-order chi connectivity index (χ1) is 11.0. The Balaban J connectivity index is 1.94. The third kappa shape index (κ3) is 3.07. The van der Waals surface area contributed by atoms with Crippen LogP contribution in [-0.4, -0.2) is 37.4 Å². The summed E-state index contributed by atoms with van der Waals surface area (Å²) in [6, 6.07) is 7.91. The molecule has 2 heterocycles. The maximum atomic E-state index is 11.4. The molecular weight excluding hydrogens is 300 g/mol. The van der Waals surface area contributed by atoms with Gasteiger partial charge in [0.2, 0.25) is 11.6 Å². The second kappa shape index (κ2) is 5.72. The summed E-state index contributed by atoms with van der Waals surface area (Å²) in [4.78, 5) is 26.7. The third-order valence-electron chi connectivity index (χ3n) is 3.01. The van der Waals surface area contributed by atoms with Gasteiger partial charge in [-0.2, -0.15) is 10.3 Å². The SMILES string of the molecule is CC(=O)Nc1ccc(Nc2ccc3n[nH]nc3n2)c(C(=O)O)c1. The highest BCUT2D eigenvalue weighted by molar-refractivity contribution is 5.98. The van der Waals surface area contributed by atoms with E-state index in [1.807, 2.05) is 0 Å². The molecular formula is C14H12N6O3. The van der Waals surface area contributed by atoms with Gasteiger partial charge in [0.1, 0.15) is 11.3 Å². The van der Waals surface area contributed by atoms with Crippen molar-refractivity contribution in [2.75, 3.05) is 10.6 Å². The number of benzene rings is 1. The summed E-state index contributed by atoms with van der Waals surface area (Å²) in [6.45, 7) is 1.35. The highest BCUT2D eigenvalue weighted by Gasteiger charge is 2.13. The van der Waals surface area contributed by atoms with Crippen LogP contribution in [0, 0.1) is 0 Å². The van der Waals surface area contributed by atoms with Gasteiger partial charge in [-0.3, -0.25) is 4.79 Å². The van der Waals surface area contributed by atoms with E-state index in [4.69, 9.17) is 0 Å². The van der Waals surface area contributed by atoms with Gasteiger partial charge in [0, 0.05) is 12.6 Å². The summed E-state index contributed by atoms with van der Waals surface area (Å²) >= 11 is 0. The fourth-order valence-electron chi connectivity index (χ4n) is 2.06. The lowest BCUT2D eigenvalue weighted by molar-refractivity contribution is -0.114. The number of H-pyrrole nitrogens is 1. The normalized spacial score (nSPS) is 10.5. The van der Waals surface area contributed by atoms with Crippen molar-refractivity contribution in [2.45, 2.75) is 6.92 Å². The number of anilines is 3. The minimum Gasteiger partial charge on any atom is -0.478 e. The van der Waals surface area contributed by atoms with Crippen LogP contribution < -0.4 is 10.6 Å². The van der Waals surface area contributed by atoms with Crippen molar-refractivity contribution in [1.82, 2.24) is 20.4 Å². The fraction of sp³-hybridized carbons (Fsp3) is 0.0714. The van der Waals surface area contributed by atoms with Crippen molar-refractivity contribution in [2.24, 2.45) is 0 Å². The summed E-state index contributed by atoms with van der Waals surface area (Å²) in [5, 5.41) is 25.0. The van der Waals surface area contributed by atoms with Crippen LogP contribution >= 0.6 is 0 Å². The molecule has 0 fully saturated rings. The van der Waals surface area contributed by atoms with Gasteiger partial charge in [-0.15, -0.1) is 5.10 Å². The van der Waals surface area contributed by atoms with Crippen molar-refractivity contribution >= 4 is 40.2 Å². The van der Waals surface area contributed by atoms with E-state index in [2.05, 4.69) is 31.0 Å². The zero-order chi connectivity index (χ0) is 16.4. The number of nitrogens with one attached hydrogen (secondary N) is 3. The van der Waals surface area contributed by atoms with E-state index >= 15 is 0 Å². The molecule has 0 atom stereocenters. The average molecular weight is 312 g/mol. The molecule has 2 aromatic heterocycles. The minimum atomic E-state index is -1.12. The maximum Gasteiger partial charge on any atom is 0.337 e. The van der Waals surface area contributed by atoms with Gasteiger partial charge in [-0.05, 0) is 30.3 Å². The number of pyridine rings is 1. The number of amides is 1. The lowest BCUT2D eigenvalue weighted by Crippen LogP contribution is -2.09. The number of aromatic carboxylic acids is 1. The van der Waals surface area contributed by atoms with Gasteiger partial charge in [-0.25, -0.2) is 9.78 Å². The topological polar surface area (TPSA) is 133 Å². The molecule has 3 aromatic rings. The highest BCUT2D eigenvalue weighted by atomic mass is 16.4. The monoisotopic (exact) mass is 312 g/mol. The Bertz CT molecular complexity index is 904. The van der Waals surface area contributed by atoms with E-state index in [1.165, 1.54) is 13.0 Å². The molecule has 0 bridgehead atoms. The zero-order valence-electron chi connectivity index (χ0n) is 12.0. The molecule has 0 saturated heterocycles. The number of aromatic amines is 1. The van der Waals surface area contributed by atoms with Crippen molar-refractivity contribution < 1.29 is 14.7 Å². The second-order valence-electron chi connectivity index (χ2n) is 4.73. The number of carboxylic acid groups (broad SMARTS) is 1. The maximum absolute atomic E-state index is 11.4. The Hall–Kier alpha value is -3.49. The molecule has 0 aliphatic rings. The van der Waals surface area contributed by atoms with Crippen LogP contribution in [0.1, 0.15) is 17.3 Å². The van der Waals surface area contributed by atoms with E-state index < -0.39 is 5.97 Å². The smallest absolute Gasteiger partial charge is 0.337 e. The second-order valence-corrected chi connectivity index (χ2v) is 4.73. The molecule has 9 nitrogen and oxygen atoms in total. The molecule has 0 saturated carbocycles. The average Bonchev–Trinajstić information content (AvgIpc) is 2.95. The first-order valence-electron chi connectivity index (χ1n) is 6.62. The van der Waals surface area contributed by atoms with Crippen molar-refractivity contribution in [1.29, 1.82) is 0 Å². The first kappa shape index (κ1) is 14.4. The molecule has 1 aromatic carbocycles. The first-order valence-corrected chi connectivity index (χ1v) is 6.62. The van der Waals surface area contributed by atoms with E-state index in [-0.39, 0.29) is 11.5 Å². The number of carbonyl (C=O) groups excluding carboxylic acids is 1. The zero-order valence-corrected chi connectivity index (χ0v) is 12.0. The van der Waals surface area contributed by atoms with Crippen molar-refractivity contribution in [3.63, 3.8) is 0 Å². The predicted octanol–water partition coefficient (Wildman–Crippen LogP) is 1.75. The number of aromatic nitrogens is 4. The number of hydrogen-bond acceptors (Lipinski definition) is 6. The quantitative estimate of drug-likeness (QED) is 0.576. The number of carbonyl (C=O) groups is 2. The Kier molecular flexibility index (Phi) is 3.59. The molecule has 3 rings (SSSR count). The van der Waals surface area contributed by atoms with Crippen LogP contribution in [0.5, 0.6) is 0 Å². The van der Waals surface area contributed by atoms with E-state index in [0.29, 0.717) is 28.4 Å². The van der Waals surface area contributed by atoms with Crippen LogP contribution in [0.15, 0.2) is 30.3 Å². The van der Waals surface area contributed by atoms with Crippen LogP contribution in [0.4, 0.5) is 17.2 Å². The van der Waals surface area contributed by atoms with Crippen molar-refractivity contribution in [3.8, 4) is 0 Å². The third-order valence-corrected chi connectivity index (χ3v) is 3.01. The summed E-state index contributed by atoms with van der Waals surface area (Å²) in [7, 11) is 0. The number of fused-ring (bicyclic) bond motifs is 1. The Morgan fingerprint density at radius 1 is 1.17 bits per heavy atom. The lowest BCUT2D eigenvalue weighted by atomic mass is 10.1. The van der Waals surface area contributed by atoms with Gasteiger partial charge in [0.15, 0.2) is 0 Å². The predicted molar refractivity (Wildman–Crippen MR) is 82.7 cm³/mol. The van der Waals surface area contributed by atoms with Gasteiger partial charge < -0.3 is 15.7 Å². The van der Waals surface area contributed by atoms with Gasteiger partial charge in [-0.1, -0.05) is 0 Å². The Morgan fingerprint density at radius 3 is 2.74 bits per heavy atom. The molecule has 23 heavy (non-hydrogen) atoms. The minimum absolute atomic E-state index is 0.0123. The molecule has 1 amide bonds. The van der Waals surface area contributed by atoms with Gasteiger partial charge >= 0.3 is 5.97 Å². The number of rotatable bonds is 4. The highest BCUT2D eigenvalue weighted by Crippen LogP contribution is 2.24. The van der Waals surface area contributed by atoms with E-state index in [0.717, 1.165) is 0 Å². The molecule has 0 aliphatic carbocycles. The van der Waals surface area contributed by atoms with Crippen LogP contribution in [0.25, 0.3) is 11.2 Å². The summed E-state index contributed by atoms with van der Waals surface area (Å²) in [5.74, 6) is -0.969. The molecule has 0 radical (unpaired) electrons. The van der Waals surface area contributed by atoms with E-state index in [9.17, 15) is 14.7 Å². The molecule has 0 spiro atoms. The van der Waals surface area contributed by atoms with E-state index in [1.54, 1.807) is 24.3 Å². The number of nitrogens with zero attached hydrogens (tertiary/aromatic N) is 3. The molecule has 4 N–H and O–H groups in total. The summed E-state index contributed by atoms with van der Waals surface area (Å²) < 4.78 is 0. The molecule has 0 unspecified atom stereocenters. The standard InChI is InChI=1S/C14H12N6O3/c1-7(21)15-8-2-3-10(9(6-8)14(22)23)16-12-5-4-11-13(17-12)19-20-18-11/h2-6H,1H3,(H,15,21)(H,22,23)(H2,16,17,18,19,20). The van der Waals surface area contributed by atoms with Crippen molar-refractivity contribution in [3.05, 3.63) is 35.9 Å². The summed E-state index contributed by atoms with van der Waals surface area (Å²) in [6.07, 6.45) is 0. The van der Waals surface area contributed by atoms with Crippen LogP contribution in [0.3, 0.4) is 0 Å². The Labute approximate surface area is 129 Å². The molecule has 116 valence electrons. The Morgan fingerprint density at radius 2 is 2.00 bits per heavy atom. The largest absolute Gasteiger partial charge is 0.478 e.